The van der Waals surface area contributed by atoms with Gasteiger partial charge < -0.3 is 19.9 Å². The van der Waals surface area contributed by atoms with Gasteiger partial charge in [-0.25, -0.2) is 0 Å². The summed E-state index contributed by atoms with van der Waals surface area (Å²) >= 11 is 0. The molecule has 4 rings (SSSR count). The maximum atomic E-state index is 9.67. The molecule has 1 aromatic heterocycles. The van der Waals surface area contributed by atoms with Crippen molar-refractivity contribution < 1.29 is 14.6 Å². The van der Waals surface area contributed by atoms with Gasteiger partial charge in [-0.1, -0.05) is 31.4 Å². The summed E-state index contributed by atoms with van der Waals surface area (Å²) in [5.74, 6) is -0.257. The van der Waals surface area contributed by atoms with Gasteiger partial charge in [0, 0.05) is 6.04 Å². The number of nitrogens with zero attached hydrogens (tertiary/aromatic N) is 1. The van der Waals surface area contributed by atoms with Crippen LogP contribution >= 0.6 is 0 Å². The van der Waals surface area contributed by atoms with Crippen LogP contribution in [0.3, 0.4) is 0 Å². The van der Waals surface area contributed by atoms with Gasteiger partial charge in [-0.05, 0) is 48.2 Å². The predicted molar refractivity (Wildman–Crippen MR) is 93.3 cm³/mol. The SMILES string of the molecule is Oc1ccc(-c2ccc3oc(NC4CCCCC4)nc3c2)cc1O. The number of anilines is 1. The van der Waals surface area contributed by atoms with E-state index in [4.69, 9.17) is 4.42 Å². The first-order chi connectivity index (χ1) is 11.7. The molecule has 0 atom stereocenters. The lowest BCUT2D eigenvalue weighted by Gasteiger charge is -2.21. The molecule has 0 aliphatic heterocycles. The Hall–Kier alpha value is -2.69. The summed E-state index contributed by atoms with van der Waals surface area (Å²) in [6, 6.07) is 11.5. The fourth-order valence-electron chi connectivity index (χ4n) is 3.29. The van der Waals surface area contributed by atoms with Crippen molar-refractivity contribution in [3.05, 3.63) is 36.4 Å². The molecule has 2 aromatic carbocycles. The van der Waals surface area contributed by atoms with Crippen LogP contribution in [0.2, 0.25) is 0 Å². The summed E-state index contributed by atoms with van der Waals surface area (Å²) in [5.41, 5.74) is 3.24. The lowest BCUT2D eigenvalue weighted by atomic mass is 9.96. The van der Waals surface area contributed by atoms with E-state index < -0.39 is 0 Å². The van der Waals surface area contributed by atoms with Gasteiger partial charge in [0.15, 0.2) is 17.1 Å². The van der Waals surface area contributed by atoms with E-state index in [1.165, 1.54) is 31.4 Å². The number of oxazole rings is 1. The second kappa shape index (κ2) is 6.07. The molecule has 5 heteroatoms. The molecule has 1 fully saturated rings. The lowest BCUT2D eigenvalue weighted by Crippen LogP contribution is -2.22. The molecule has 0 amide bonds. The van der Waals surface area contributed by atoms with Crippen LogP contribution in [0.5, 0.6) is 11.5 Å². The summed E-state index contributed by atoms with van der Waals surface area (Å²) in [7, 11) is 0. The van der Waals surface area contributed by atoms with E-state index >= 15 is 0 Å². The molecule has 0 radical (unpaired) electrons. The van der Waals surface area contributed by atoms with Gasteiger partial charge >= 0.3 is 0 Å². The van der Waals surface area contributed by atoms with Gasteiger partial charge in [0.2, 0.25) is 0 Å². The normalized spacial score (nSPS) is 15.7. The fourth-order valence-corrected chi connectivity index (χ4v) is 3.29. The van der Waals surface area contributed by atoms with Crippen LogP contribution in [-0.2, 0) is 0 Å². The van der Waals surface area contributed by atoms with E-state index in [2.05, 4.69) is 10.3 Å². The molecule has 3 N–H and O–H groups in total. The second-order valence-electron chi connectivity index (χ2n) is 6.38. The van der Waals surface area contributed by atoms with E-state index in [0.29, 0.717) is 12.1 Å². The maximum Gasteiger partial charge on any atom is 0.295 e. The van der Waals surface area contributed by atoms with E-state index in [-0.39, 0.29) is 11.5 Å². The highest BCUT2D eigenvalue weighted by Crippen LogP contribution is 2.32. The molecule has 5 nitrogen and oxygen atoms in total. The van der Waals surface area contributed by atoms with Crippen LogP contribution in [0, 0.1) is 0 Å². The first kappa shape index (κ1) is 14.9. The Labute approximate surface area is 140 Å². The number of fused-ring (bicyclic) bond motifs is 1. The number of hydrogen-bond donors (Lipinski definition) is 3. The van der Waals surface area contributed by atoms with Crippen molar-refractivity contribution in [3.63, 3.8) is 0 Å². The number of phenols is 2. The number of aromatic hydroxyl groups is 2. The Morgan fingerprint density at radius 2 is 1.67 bits per heavy atom. The molecule has 3 aromatic rings. The van der Waals surface area contributed by atoms with E-state index in [9.17, 15) is 10.2 Å². The van der Waals surface area contributed by atoms with Gasteiger partial charge in [0.25, 0.3) is 6.01 Å². The monoisotopic (exact) mass is 324 g/mol. The van der Waals surface area contributed by atoms with Crippen LogP contribution < -0.4 is 5.32 Å². The first-order valence-corrected chi connectivity index (χ1v) is 8.38. The Bertz CT molecular complexity index is 866. The largest absolute Gasteiger partial charge is 0.504 e. The molecule has 124 valence electrons. The topological polar surface area (TPSA) is 78.5 Å². The van der Waals surface area contributed by atoms with Crippen LogP contribution in [0.25, 0.3) is 22.2 Å². The highest BCUT2D eigenvalue weighted by Gasteiger charge is 2.16. The zero-order valence-electron chi connectivity index (χ0n) is 13.3. The Kier molecular flexibility index (Phi) is 3.76. The van der Waals surface area contributed by atoms with Gasteiger partial charge in [0.05, 0.1) is 0 Å². The fraction of sp³-hybridized carbons (Fsp3) is 0.316. The number of hydrogen-bond acceptors (Lipinski definition) is 5. The third-order valence-electron chi connectivity index (χ3n) is 4.63. The highest BCUT2D eigenvalue weighted by molar-refractivity contribution is 5.82. The van der Waals surface area contributed by atoms with E-state index in [0.717, 1.165) is 35.1 Å². The van der Waals surface area contributed by atoms with Gasteiger partial charge in [-0.2, -0.15) is 4.98 Å². The maximum absolute atomic E-state index is 9.67. The first-order valence-electron chi connectivity index (χ1n) is 8.38. The molecule has 0 saturated heterocycles. The van der Waals surface area contributed by atoms with Crippen LogP contribution in [0.15, 0.2) is 40.8 Å². The molecule has 0 spiro atoms. The van der Waals surface area contributed by atoms with Crippen molar-refractivity contribution in [3.8, 4) is 22.6 Å². The number of phenolic OH excluding ortho intramolecular Hbond substituents is 2. The van der Waals surface area contributed by atoms with Gasteiger partial charge in [0.1, 0.15) is 5.52 Å². The lowest BCUT2D eigenvalue weighted by molar-refractivity contribution is 0.404. The number of nitrogens with one attached hydrogen (secondary N) is 1. The zero-order chi connectivity index (χ0) is 16.5. The molecule has 1 saturated carbocycles. The standard InChI is InChI=1S/C19H20N2O3/c22-16-8-6-13(11-17(16)23)12-7-9-18-15(10-12)21-19(24-18)20-14-4-2-1-3-5-14/h6-11,14,22-23H,1-5H2,(H,20,21). The smallest absolute Gasteiger partial charge is 0.295 e. The number of rotatable bonds is 3. The molecule has 1 heterocycles. The third kappa shape index (κ3) is 2.89. The Morgan fingerprint density at radius 3 is 2.46 bits per heavy atom. The van der Waals surface area contributed by atoms with Crippen molar-refractivity contribution in [2.45, 2.75) is 38.1 Å². The second-order valence-corrected chi connectivity index (χ2v) is 6.38. The van der Waals surface area contributed by atoms with Crippen LogP contribution in [-0.4, -0.2) is 21.2 Å². The van der Waals surface area contributed by atoms with Crippen molar-refractivity contribution in [1.29, 1.82) is 0 Å². The van der Waals surface area contributed by atoms with Crippen LogP contribution in [0.1, 0.15) is 32.1 Å². The molecule has 1 aliphatic carbocycles. The predicted octanol–water partition coefficient (Wildman–Crippen LogP) is 4.65. The quantitative estimate of drug-likeness (QED) is 0.611. The Balaban J connectivity index is 1.61. The zero-order valence-corrected chi connectivity index (χ0v) is 13.3. The highest BCUT2D eigenvalue weighted by atomic mass is 16.4. The molecule has 1 aliphatic rings. The number of benzene rings is 2. The summed E-state index contributed by atoms with van der Waals surface area (Å²) in [4.78, 5) is 4.54. The minimum absolute atomic E-state index is 0.125. The molecule has 24 heavy (non-hydrogen) atoms. The summed E-state index contributed by atoms with van der Waals surface area (Å²) in [5, 5.41) is 22.5. The molecule has 0 bridgehead atoms. The van der Waals surface area contributed by atoms with Crippen molar-refractivity contribution in [1.82, 2.24) is 4.98 Å². The third-order valence-corrected chi connectivity index (χ3v) is 4.63. The average Bonchev–Trinajstić information content (AvgIpc) is 2.99. The molecular weight excluding hydrogens is 304 g/mol. The molecular formula is C19H20N2O3. The summed E-state index contributed by atoms with van der Waals surface area (Å²) in [6.45, 7) is 0. The summed E-state index contributed by atoms with van der Waals surface area (Å²) < 4.78 is 5.79. The average molecular weight is 324 g/mol. The Morgan fingerprint density at radius 1 is 0.917 bits per heavy atom. The van der Waals surface area contributed by atoms with E-state index in [1.807, 2.05) is 18.2 Å². The molecule has 0 unspecified atom stereocenters. The minimum atomic E-state index is -0.132. The van der Waals surface area contributed by atoms with Crippen molar-refractivity contribution >= 4 is 17.1 Å². The summed E-state index contributed by atoms with van der Waals surface area (Å²) in [6.07, 6.45) is 6.15. The number of aromatic nitrogens is 1. The van der Waals surface area contributed by atoms with Crippen molar-refractivity contribution in [2.24, 2.45) is 0 Å². The van der Waals surface area contributed by atoms with Crippen molar-refractivity contribution in [2.75, 3.05) is 5.32 Å². The minimum Gasteiger partial charge on any atom is -0.504 e. The van der Waals surface area contributed by atoms with Gasteiger partial charge in [-0.3, -0.25) is 0 Å². The van der Waals surface area contributed by atoms with E-state index in [1.54, 1.807) is 6.07 Å². The van der Waals surface area contributed by atoms with Crippen LogP contribution in [0.4, 0.5) is 6.01 Å². The van der Waals surface area contributed by atoms with Gasteiger partial charge in [-0.15, -0.1) is 0 Å².